The lowest BCUT2D eigenvalue weighted by atomic mass is 9.97. The molecule has 0 saturated heterocycles. The molecule has 1 aliphatic heterocycles. The minimum absolute atomic E-state index is 0.169. The molecule has 0 bridgehead atoms. The number of nitrogens with zero attached hydrogens (tertiary/aromatic N) is 2. The lowest BCUT2D eigenvalue weighted by molar-refractivity contribution is 0.0748. The molecule has 2 aromatic carbocycles. The second-order valence-electron chi connectivity index (χ2n) is 8.99. The van der Waals surface area contributed by atoms with Gasteiger partial charge in [0, 0.05) is 30.8 Å². The number of rotatable bonds is 10. The third-order valence-electron chi connectivity index (χ3n) is 6.14. The van der Waals surface area contributed by atoms with Crippen LogP contribution in [0, 0.1) is 0 Å². The number of carbonyl (C=O) groups excluding carboxylic acids is 2. The number of aliphatic hydroxyl groups excluding tert-OH is 2. The molecule has 1 aliphatic rings. The molecule has 0 spiro atoms. The second-order valence-corrected chi connectivity index (χ2v) is 8.99. The number of hydrogen-bond donors (Lipinski definition) is 3. The first-order chi connectivity index (χ1) is 17.4. The van der Waals surface area contributed by atoms with Crippen molar-refractivity contribution in [3.05, 3.63) is 87.9 Å². The quantitative estimate of drug-likeness (QED) is 0.397. The number of benzene rings is 2. The summed E-state index contributed by atoms with van der Waals surface area (Å²) >= 11 is 0. The van der Waals surface area contributed by atoms with Gasteiger partial charge in [-0.1, -0.05) is 6.07 Å². The summed E-state index contributed by atoms with van der Waals surface area (Å²) in [5.74, 6) is 0.592. The van der Waals surface area contributed by atoms with Crippen LogP contribution in [0.4, 0.5) is 0 Å². The van der Waals surface area contributed by atoms with E-state index in [9.17, 15) is 19.8 Å². The summed E-state index contributed by atoms with van der Waals surface area (Å²) in [6.45, 7) is 1.54. The number of amides is 2. The molecule has 0 radical (unpaired) electrons. The molecule has 2 amide bonds. The third kappa shape index (κ3) is 5.76. The molecular weight excluding hydrogens is 462 g/mol. The lowest BCUT2D eigenvalue weighted by Gasteiger charge is -2.19. The van der Waals surface area contributed by atoms with Crippen LogP contribution < -0.4 is 10.1 Å². The molecule has 9 heteroatoms. The van der Waals surface area contributed by atoms with Crippen molar-refractivity contribution in [2.24, 2.45) is 0 Å². The van der Waals surface area contributed by atoms with Gasteiger partial charge in [0.2, 0.25) is 0 Å². The summed E-state index contributed by atoms with van der Waals surface area (Å²) in [7, 11) is 3.97. The van der Waals surface area contributed by atoms with Crippen molar-refractivity contribution in [2.45, 2.75) is 32.8 Å². The number of hydrogen-bond acceptors (Lipinski definition) is 7. The minimum Gasteiger partial charge on any atom is -0.492 e. The largest absolute Gasteiger partial charge is 0.492 e. The Hall–Kier alpha value is -3.66. The standard InChI is InChI=1S/C27H31N3O6/c1-29(2)7-9-36-22-6-5-18-14-30(15-19(18)11-22)27(34)25-12-24(20(16-31)10-21(25)17-32)26(33)28-13-23-4-3-8-35-23/h3-6,8,10-12,31-32H,7,9,13-17H2,1-2H3,(H,28,33). The van der Waals surface area contributed by atoms with Gasteiger partial charge in [0.15, 0.2) is 0 Å². The summed E-state index contributed by atoms with van der Waals surface area (Å²) in [5, 5.41) is 22.5. The summed E-state index contributed by atoms with van der Waals surface area (Å²) < 4.78 is 11.1. The molecule has 3 aromatic rings. The molecule has 0 fully saturated rings. The van der Waals surface area contributed by atoms with Crippen molar-refractivity contribution in [2.75, 3.05) is 27.2 Å². The highest BCUT2D eigenvalue weighted by Gasteiger charge is 2.28. The summed E-state index contributed by atoms with van der Waals surface area (Å²) in [4.78, 5) is 30.1. The van der Waals surface area contributed by atoms with Gasteiger partial charge < -0.3 is 34.5 Å². The van der Waals surface area contributed by atoms with Crippen molar-refractivity contribution in [1.29, 1.82) is 0 Å². The molecule has 0 aliphatic carbocycles. The number of furan rings is 1. The molecule has 2 heterocycles. The van der Waals surface area contributed by atoms with Crippen LogP contribution in [0.2, 0.25) is 0 Å². The van der Waals surface area contributed by atoms with Crippen molar-refractivity contribution < 1.29 is 29.0 Å². The number of carbonyl (C=O) groups is 2. The van der Waals surface area contributed by atoms with E-state index in [1.807, 2.05) is 37.2 Å². The van der Waals surface area contributed by atoms with Gasteiger partial charge in [-0.2, -0.15) is 0 Å². The Morgan fingerprint density at radius 1 is 1.03 bits per heavy atom. The average Bonchev–Trinajstić information content (AvgIpc) is 3.55. The predicted molar refractivity (Wildman–Crippen MR) is 132 cm³/mol. The first kappa shape index (κ1) is 25.4. The van der Waals surface area contributed by atoms with E-state index in [-0.39, 0.29) is 23.6 Å². The molecule has 190 valence electrons. The number of ether oxygens (including phenoxy) is 1. The Morgan fingerprint density at radius 2 is 1.78 bits per heavy atom. The highest BCUT2D eigenvalue weighted by Crippen LogP contribution is 2.29. The zero-order chi connectivity index (χ0) is 25.7. The average molecular weight is 494 g/mol. The molecule has 3 N–H and O–H groups in total. The first-order valence-corrected chi connectivity index (χ1v) is 11.8. The third-order valence-corrected chi connectivity index (χ3v) is 6.14. The summed E-state index contributed by atoms with van der Waals surface area (Å²) in [5.41, 5.74) is 3.12. The Morgan fingerprint density at radius 3 is 2.47 bits per heavy atom. The Kier molecular flexibility index (Phi) is 8.04. The molecule has 4 rings (SSSR count). The molecular formula is C27H31N3O6. The van der Waals surface area contributed by atoms with Crippen LogP contribution in [0.1, 0.15) is 48.7 Å². The molecule has 0 atom stereocenters. The van der Waals surface area contributed by atoms with Gasteiger partial charge in [0.1, 0.15) is 18.1 Å². The van der Waals surface area contributed by atoms with Gasteiger partial charge in [-0.25, -0.2) is 0 Å². The monoisotopic (exact) mass is 493 g/mol. The van der Waals surface area contributed by atoms with Gasteiger partial charge in [-0.05, 0) is 72.7 Å². The first-order valence-electron chi connectivity index (χ1n) is 11.8. The van der Waals surface area contributed by atoms with Crippen LogP contribution in [0.25, 0.3) is 0 Å². The number of likely N-dealkylation sites (N-methyl/N-ethyl adjacent to an activating group) is 1. The Balaban J connectivity index is 1.52. The van der Waals surface area contributed by atoms with Crippen molar-refractivity contribution >= 4 is 11.8 Å². The van der Waals surface area contributed by atoms with E-state index >= 15 is 0 Å². The van der Waals surface area contributed by atoms with E-state index in [2.05, 4.69) is 5.32 Å². The van der Waals surface area contributed by atoms with Crippen LogP contribution in [0.3, 0.4) is 0 Å². The van der Waals surface area contributed by atoms with Gasteiger partial charge in [-0.3, -0.25) is 9.59 Å². The minimum atomic E-state index is -0.446. The van der Waals surface area contributed by atoms with E-state index < -0.39 is 19.1 Å². The van der Waals surface area contributed by atoms with E-state index in [1.165, 1.54) is 18.4 Å². The van der Waals surface area contributed by atoms with Gasteiger partial charge in [0.05, 0.1) is 26.0 Å². The van der Waals surface area contributed by atoms with Crippen LogP contribution in [0.5, 0.6) is 5.75 Å². The SMILES string of the molecule is CN(C)CCOc1ccc2c(c1)CN(C(=O)c1cc(C(=O)NCc3ccco3)c(CO)cc1CO)C2. The van der Waals surface area contributed by atoms with Crippen LogP contribution in [-0.4, -0.2) is 59.1 Å². The van der Waals surface area contributed by atoms with E-state index in [4.69, 9.17) is 9.15 Å². The Bertz CT molecular complexity index is 1220. The van der Waals surface area contributed by atoms with Crippen molar-refractivity contribution in [3.8, 4) is 5.75 Å². The van der Waals surface area contributed by atoms with Crippen LogP contribution in [-0.2, 0) is 32.8 Å². The summed E-state index contributed by atoms with van der Waals surface area (Å²) in [6, 6.07) is 12.2. The van der Waals surface area contributed by atoms with Gasteiger partial charge >= 0.3 is 0 Å². The highest BCUT2D eigenvalue weighted by atomic mass is 16.5. The fourth-order valence-corrected chi connectivity index (χ4v) is 4.16. The number of fused-ring (bicyclic) bond motifs is 1. The number of aliphatic hydroxyl groups is 2. The van der Waals surface area contributed by atoms with Crippen LogP contribution in [0.15, 0.2) is 53.1 Å². The summed E-state index contributed by atoms with van der Waals surface area (Å²) in [6.07, 6.45) is 1.51. The molecule has 9 nitrogen and oxygen atoms in total. The molecule has 1 aromatic heterocycles. The maximum atomic E-state index is 13.5. The fraction of sp³-hybridized carbons (Fsp3) is 0.333. The van der Waals surface area contributed by atoms with Gasteiger partial charge in [-0.15, -0.1) is 0 Å². The molecule has 0 unspecified atom stereocenters. The lowest BCUT2D eigenvalue weighted by Crippen LogP contribution is -2.28. The fourth-order valence-electron chi connectivity index (χ4n) is 4.16. The Labute approximate surface area is 209 Å². The second kappa shape index (κ2) is 11.4. The van der Waals surface area contributed by atoms with Gasteiger partial charge in [0.25, 0.3) is 11.8 Å². The maximum Gasteiger partial charge on any atom is 0.254 e. The van der Waals surface area contributed by atoms with E-state index in [0.717, 1.165) is 23.4 Å². The van der Waals surface area contributed by atoms with Crippen molar-refractivity contribution in [3.63, 3.8) is 0 Å². The van der Waals surface area contributed by atoms with E-state index in [0.29, 0.717) is 36.6 Å². The smallest absolute Gasteiger partial charge is 0.254 e. The molecule has 36 heavy (non-hydrogen) atoms. The maximum absolute atomic E-state index is 13.5. The van der Waals surface area contributed by atoms with E-state index in [1.54, 1.807) is 17.0 Å². The highest BCUT2D eigenvalue weighted by molar-refractivity contribution is 6.01. The zero-order valence-corrected chi connectivity index (χ0v) is 20.5. The predicted octanol–water partition coefficient (Wildman–Crippen LogP) is 2.29. The normalized spacial score (nSPS) is 12.6. The zero-order valence-electron chi connectivity index (χ0n) is 20.5. The van der Waals surface area contributed by atoms with Crippen LogP contribution >= 0.6 is 0 Å². The topological polar surface area (TPSA) is 115 Å². The number of nitrogens with one attached hydrogen (secondary N) is 1. The van der Waals surface area contributed by atoms with Crippen molar-refractivity contribution in [1.82, 2.24) is 15.1 Å². The molecule has 0 saturated carbocycles.